The van der Waals surface area contributed by atoms with E-state index in [9.17, 15) is 4.79 Å². The van der Waals surface area contributed by atoms with Crippen LogP contribution in [-0.2, 0) is 11.2 Å². The van der Waals surface area contributed by atoms with Crippen molar-refractivity contribution in [2.45, 2.75) is 44.6 Å². The number of likely N-dealkylation sites (tertiary alicyclic amines) is 1. The molecular weight excluding hydrogens is 372 g/mol. The molecule has 1 saturated heterocycles. The van der Waals surface area contributed by atoms with E-state index in [1.54, 1.807) is 0 Å². The fourth-order valence-corrected chi connectivity index (χ4v) is 5.06. The number of ether oxygens (including phenoxy) is 1. The van der Waals surface area contributed by atoms with Crippen LogP contribution < -0.4 is 4.74 Å². The van der Waals surface area contributed by atoms with Gasteiger partial charge < -0.3 is 14.4 Å². The number of aldehydes is 1. The lowest BCUT2D eigenvalue weighted by molar-refractivity contribution is -0.108. The van der Waals surface area contributed by atoms with Crippen molar-refractivity contribution in [2.75, 3.05) is 19.6 Å². The van der Waals surface area contributed by atoms with Crippen LogP contribution in [0.3, 0.4) is 0 Å². The van der Waals surface area contributed by atoms with E-state index in [0.717, 1.165) is 62.9 Å². The maximum Gasteiger partial charge on any atom is 0.123 e. The van der Waals surface area contributed by atoms with E-state index in [0.29, 0.717) is 6.42 Å². The average Bonchev–Trinajstić information content (AvgIpc) is 2.79. The highest BCUT2D eigenvalue weighted by atomic mass is 16.5. The second-order valence-electron chi connectivity index (χ2n) is 8.72. The van der Waals surface area contributed by atoms with Crippen molar-refractivity contribution < 1.29 is 9.53 Å². The monoisotopic (exact) mass is 400 g/mol. The van der Waals surface area contributed by atoms with Gasteiger partial charge in [-0.2, -0.15) is 0 Å². The Hall–Kier alpha value is -2.72. The predicted octanol–water partition coefficient (Wildman–Crippen LogP) is 4.96. The van der Waals surface area contributed by atoms with Crippen molar-refractivity contribution in [1.82, 2.24) is 9.88 Å². The molecule has 30 heavy (non-hydrogen) atoms. The molecule has 0 N–H and O–H groups in total. The number of carbonyl (C=O) groups is 1. The number of nitrogens with zero attached hydrogens (tertiary/aromatic N) is 2. The summed E-state index contributed by atoms with van der Waals surface area (Å²) in [7, 11) is 0. The van der Waals surface area contributed by atoms with Gasteiger partial charge in [-0.25, -0.2) is 0 Å². The van der Waals surface area contributed by atoms with Crippen LogP contribution in [-0.4, -0.2) is 41.4 Å². The van der Waals surface area contributed by atoms with E-state index in [1.807, 2.05) is 12.3 Å². The minimum Gasteiger partial charge on any atom is -0.487 e. The normalized spacial score (nSPS) is 18.2. The summed E-state index contributed by atoms with van der Waals surface area (Å²) in [6, 6.07) is 15.1. The van der Waals surface area contributed by atoms with Crippen molar-refractivity contribution in [3.05, 3.63) is 59.8 Å². The van der Waals surface area contributed by atoms with E-state index in [1.165, 1.54) is 27.6 Å². The zero-order valence-electron chi connectivity index (χ0n) is 17.6. The van der Waals surface area contributed by atoms with Gasteiger partial charge in [-0.15, -0.1) is 0 Å². The van der Waals surface area contributed by atoms with Gasteiger partial charge in [0.1, 0.15) is 17.6 Å². The van der Waals surface area contributed by atoms with Gasteiger partial charge in [-0.1, -0.05) is 24.3 Å². The van der Waals surface area contributed by atoms with Crippen LogP contribution in [0.2, 0.25) is 0 Å². The number of rotatable bonds is 4. The fraction of sp³-hybridized carbons (Fsp3) is 0.385. The molecule has 0 bridgehead atoms. The summed E-state index contributed by atoms with van der Waals surface area (Å²) in [5.74, 6) is 1.04. The third kappa shape index (κ3) is 3.50. The highest BCUT2D eigenvalue weighted by Gasteiger charge is 2.39. The number of aromatic nitrogens is 1. The number of benzene rings is 2. The highest BCUT2D eigenvalue weighted by Crippen LogP contribution is 2.41. The molecule has 0 amide bonds. The Kier molecular flexibility index (Phi) is 5.03. The molecule has 2 aromatic carbocycles. The number of carbonyl (C=O) groups excluding carboxylic acids is 1. The first kappa shape index (κ1) is 19.3. The van der Waals surface area contributed by atoms with Gasteiger partial charge in [-0.3, -0.25) is 4.98 Å². The molecule has 1 spiro atoms. The van der Waals surface area contributed by atoms with Gasteiger partial charge in [-0.05, 0) is 73.1 Å². The Morgan fingerprint density at radius 2 is 2.00 bits per heavy atom. The molecule has 0 radical (unpaired) electrons. The zero-order chi connectivity index (χ0) is 20.6. The van der Waals surface area contributed by atoms with E-state index in [4.69, 9.17) is 4.74 Å². The Balaban J connectivity index is 1.37. The van der Waals surface area contributed by atoms with Crippen molar-refractivity contribution in [2.24, 2.45) is 0 Å². The molecular formula is C26H28N2O2. The minimum absolute atomic E-state index is 0.0328. The molecule has 4 nitrogen and oxygen atoms in total. The fourth-order valence-electron chi connectivity index (χ4n) is 5.06. The van der Waals surface area contributed by atoms with Crippen LogP contribution in [0.4, 0.5) is 0 Å². The molecule has 0 unspecified atom stereocenters. The standard InChI is InChI=1S/C26H28N2O2/c1-19-23(7-5-20-4-2-13-27-25(19)20)21-6-8-24-22(18-21)9-10-26(30-24)11-15-28(16-12-26)14-3-17-29/h2,4-8,13,17-18H,3,9-12,14-16H2,1H3. The lowest BCUT2D eigenvalue weighted by atomic mass is 9.82. The predicted molar refractivity (Wildman–Crippen MR) is 120 cm³/mol. The van der Waals surface area contributed by atoms with Crippen LogP contribution >= 0.6 is 0 Å². The van der Waals surface area contributed by atoms with Crippen LogP contribution in [0.1, 0.15) is 36.8 Å². The molecule has 1 aromatic heterocycles. The first-order chi connectivity index (χ1) is 14.7. The number of aryl methyl sites for hydroxylation is 2. The molecule has 1 fully saturated rings. The Labute approximate surface area is 177 Å². The van der Waals surface area contributed by atoms with E-state index in [-0.39, 0.29) is 5.60 Å². The summed E-state index contributed by atoms with van der Waals surface area (Å²) in [5, 5.41) is 1.18. The van der Waals surface area contributed by atoms with E-state index >= 15 is 0 Å². The van der Waals surface area contributed by atoms with Crippen LogP contribution in [0.25, 0.3) is 22.0 Å². The van der Waals surface area contributed by atoms with Gasteiger partial charge in [0.05, 0.1) is 5.52 Å². The Bertz CT molecular complexity index is 1080. The van der Waals surface area contributed by atoms with Gasteiger partial charge in [0.15, 0.2) is 0 Å². The summed E-state index contributed by atoms with van der Waals surface area (Å²) in [5.41, 5.74) is 6.06. The second kappa shape index (κ2) is 7.84. The SMILES string of the molecule is Cc1c(-c2ccc3c(c2)CCC2(CCN(CCC=O)CC2)O3)ccc2cccnc12. The second-order valence-corrected chi connectivity index (χ2v) is 8.72. The van der Waals surface area contributed by atoms with Crippen molar-refractivity contribution >= 4 is 17.2 Å². The topological polar surface area (TPSA) is 42.4 Å². The van der Waals surface area contributed by atoms with Gasteiger partial charge >= 0.3 is 0 Å². The Morgan fingerprint density at radius 1 is 1.13 bits per heavy atom. The molecule has 0 aliphatic carbocycles. The van der Waals surface area contributed by atoms with Crippen molar-refractivity contribution in [3.63, 3.8) is 0 Å². The third-order valence-electron chi connectivity index (χ3n) is 6.91. The molecule has 5 rings (SSSR count). The summed E-state index contributed by atoms with van der Waals surface area (Å²) >= 11 is 0. The molecule has 2 aliphatic rings. The molecule has 0 atom stereocenters. The maximum atomic E-state index is 10.6. The minimum atomic E-state index is -0.0328. The number of hydrogen-bond acceptors (Lipinski definition) is 4. The number of hydrogen-bond donors (Lipinski definition) is 0. The van der Waals surface area contributed by atoms with E-state index in [2.05, 4.69) is 53.2 Å². The highest BCUT2D eigenvalue weighted by molar-refractivity contribution is 5.88. The van der Waals surface area contributed by atoms with Gasteiger partial charge in [0, 0.05) is 37.6 Å². The molecule has 3 aromatic rings. The summed E-state index contributed by atoms with van der Waals surface area (Å²) in [6.07, 6.45) is 7.73. The van der Waals surface area contributed by atoms with Crippen molar-refractivity contribution in [1.29, 1.82) is 0 Å². The van der Waals surface area contributed by atoms with Crippen LogP contribution in [0.5, 0.6) is 5.75 Å². The smallest absolute Gasteiger partial charge is 0.123 e. The molecule has 4 heteroatoms. The van der Waals surface area contributed by atoms with Crippen molar-refractivity contribution in [3.8, 4) is 16.9 Å². The van der Waals surface area contributed by atoms with Crippen LogP contribution in [0.15, 0.2) is 48.7 Å². The molecule has 2 aliphatic heterocycles. The zero-order valence-corrected chi connectivity index (χ0v) is 17.6. The third-order valence-corrected chi connectivity index (χ3v) is 6.91. The molecule has 0 saturated carbocycles. The first-order valence-corrected chi connectivity index (χ1v) is 11.0. The Morgan fingerprint density at radius 3 is 2.83 bits per heavy atom. The lowest BCUT2D eigenvalue weighted by Crippen LogP contribution is -2.49. The summed E-state index contributed by atoms with van der Waals surface area (Å²) in [4.78, 5) is 17.6. The average molecular weight is 401 g/mol. The first-order valence-electron chi connectivity index (χ1n) is 11.0. The van der Waals surface area contributed by atoms with Gasteiger partial charge in [0.25, 0.3) is 0 Å². The quantitative estimate of drug-likeness (QED) is 0.581. The number of fused-ring (bicyclic) bond motifs is 2. The summed E-state index contributed by atoms with van der Waals surface area (Å²) < 4.78 is 6.60. The van der Waals surface area contributed by atoms with E-state index < -0.39 is 0 Å². The largest absolute Gasteiger partial charge is 0.487 e. The van der Waals surface area contributed by atoms with Gasteiger partial charge in [0.2, 0.25) is 0 Å². The number of piperidine rings is 1. The lowest BCUT2D eigenvalue weighted by Gasteiger charge is -2.44. The number of pyridine rings is 1. The molecule has 3 heterocycles. The summed E-state index contributed by atoms with van der Waals surface area (Å²) in [6.45, 7) is 5.07. The maximum absolute atomic E-state index is 10.6. The van der Waals surface area contributed by atoms with Crippen LogP contribution in [0, 0.1) is 6.92 Å². The molecule has 154 valence electrons.